The van der Waals surface area contributed by atoms with Crippen molar-refractivity contribution in [1.29, 1.82) is 10.5 Å². The highest BCUT2D eigenvalue weighted by atomic mass is 15.2. The maximum Gasteiger partial charge on any atom is 0.0998 e. The van der Waals surface area contributed by atoms with E-state index < -0.39 is 10.8 Å². The fourth-order valence-corrected chi connectivity index (χ4v) is 11.4. The van der Waals surface area contributed by atoms with E-state index in [1.165, 1.54) is 22.3 Å². The minimum absolute atomic E-state index is 0.482. The Bertz CT molecular complexity index is 3190. The third-order valence-corrected chi connectivity index (χ3v) is 14.1. The molecule has 2 aliphatic heterocycles. The van der Waals surface area contributed by atoms with Gasteiger partial charge in [0.15, 0.2) is 0 Å². The Labute approximate surface area is 397 Å². The number of rotatable bonds is 7. The van der Waals surface area contributed by atoms with Crippen LogP contribution in [0.25, 0.3) is 11.1 Å². The molecule has 0 unspecified atom stereocenters. The van der Waals surface area contributed by atoms with E-state index in [-0.39, 0.29) is 0 Å². The molecular formula is C64H42N4. The first-order valence-corrected chi connectivity index (χ1v) is 23.0. The number of fused-ring (bicyclic) bond motifs is 4. The average Bonchev–Trinajstić information content (AvgIpc) is 3.42. The molecule has 0 aliphatic carbocycles. The van der Waals surface area contributed by atoms with Gasteiger partial charge in [0.25, 0.3) is 0 Å². The van der Waals surface area contributed by atoms with Crippen molar-refractivity contribution in [1.82, 2.24) is 0 Å². The largest absolute Gasteiger partial charge is 0.310 e. The van der Waals surface area contributed by atoms with Crippen LogP contribution in [0.15, 0.2) is 255 Å². The molecule has 12 rings (SSSR count). The van der Waals surface area contributed by atoms with E-state index in [0.717, 1.165) is 56.4 Å². The predicted octanol–water partition coefficient (Wildman–Crippen LogP) is 15.4. The van der Waals surface area contributed by atoms with E-state index in [0.29, 0.717) is 22.3 Å². The first-order chi connectivity index (χ1) is 33.7. The highest BCUT2D eigenvalue weighted by molar-refractivity contribution is 5.94. The van der Waals surface area contributed by atoms with Crippen LogP contribution in [0.1, 0.15) is 55.6 Å². The molecule has 10 aromatic carbocycles. The molecule has 0 N–H and O–H groups in total. The topological polar surface area (TPSA) is 54.1 Å². The van der Waals surface area contributed by atoms with Gasteiger partial charge in [-0.15, -0.1) is 0 Å². The van der Waals surface area contributed by atoms with Crippen molar-refractivity contribution in [3.63, 3.8) is 0 Å². The third kappa shape index (κ3) is 5.92. The van der Waals surface area contributed by atoms with Crippen LogP contribution in [0.3, 0.4) is 0 Å². The molecule has 4 nitrogen and oxygen atoms in total. The van der Waals surface area contributed by atoms with Gasteiger partial charge < -0.3 is 9.80 Å². The quantitative estimate of drug-likeness (QED) is 0.160. The van der Waals surface area contributed by atoms with Crippen molar-refractivity contribution < 1.29 is 0 Å². The lowest BCUT2D eigenvalue weighted by Crippen LogP contribution is -2.37. The summed E-state index contributed by atoms with van der Waals surface area (Å²) in [5.41, 5.74) is 16.3. The Morgan fingerprint density at radius 1 is 0.279 bits per heavy atom. The van der Waals surface area contributed by atoms with Gasteiger partial charge in [0.05, 0.1) is 56.8 Å². The van der Waals surface area contributed by atoms with E-state index >= 15 is 0 Å². The summed E-state index contributed by atoms with van der Waals surface area (Å²) >= 11 is 0. The molecule has 0 saturated carbocycles. The van der Waals surface area contributed by atoms with Gasteiger partial charge in [-0.2, -0.15) is 10.5 Å². The van der Waals surface area contributed by atoms with Crippen molar-refractivity contribution in [2.24, 2.45) is 0 Å². The van der Waals surface area contributed by atoms with E-state index in [1.807, 2.05) is 24.3 Å². The summed E-state index contributed by atoms with van der Waals surface area (Å²) in [6, 6.07) is 94.9. The number of para-hydroxylation sites is 4. The van der Waals surface area contributed by atoms with Crippen LogP contribution in [-0.4, -0.2) is 0 Å². The zero-order chi connectivity index (χ0) is 45.7. The zero-order valence-electron chi connectivity index (χ0n) is 37.0. The summed E-state index contributed by atoms with van der Waals surface area (Å²) < 4.78 is 0. The third-order valence-electron chi connectivity index (χ3n) is 14.1. The van der Waals surface area contributed by atoms with Crippen molar-refractivity contribution in [2.45, 2.75) is 10.8 Å². The van der Waals surface area contributed by atoms with Gasteiger partial charge in [0.1, 0.15) is 0 Å². The molecule has 0 radical (unpaired) electrons. The Balaban J connectivity index is 1.06. The Morgan fingerprint density at radius 2 is 0.529 bits per heavy atom. The zero-order valence-corrected chi connectivity index (χ0v) is 37.0. The molecule has 318 valence electrons. The molecule has 10 aromatic rings. The van der Waals surface area contributed by atoms with Gasteiger partial charge in [0.2, 0.25) is 0 Å². The lowest BCUT2D eigenvalue weighted by molar-refractivity contribution is 0.731. The molecule has 0 fully saturated rings. The van der Waals surface area contributed by atoms with Crippen LogP contribution >= 0.6 is 0 Å². The van der Waals surface area contributed by atoms with Crippen molar-refractivity contribution in [2.75, 3.05) is 9.80 Å². The molecule has 0 bridgehead atoms. The predicted molar refractivity (Wildman–Crippen MR) is 274 cm³/mol. The smallest absolute Gasteiger partial charge is 0.0998 e. The molecule has 4 heteroatoms. The molecule has 0 amide bonds. The average molecular weight is 867 g/mol. The molecule has 0 aromatic heterocycles. The van der Waals surface area contributed by atoms with Crippen molar-refractivity contribution >= 4 is 34.1 Å². The first-order valence-electron chi connectivity index (χ1n) is 23.0. The summed E-state index contributed by atoms with van der Waals surface area (Å²) in [6.07, 6.45) is 0. The molecule has 0 atom stereocenters. The summed E-state index contributed by atoms with van der Waals surface area (Å²) in [7, 11) is 0. The summed E-state index contributed by atoms with van der Waals surface area (Å²) in [5.74, 6) is 0. The van der Waals surface area contributed by atoms with Crippen LogP contribution in [0, 0.1) is 22.7 Å². The van der Waals surface area contributed by atoms with E-state index in [2.05, 4.69) is 252 Å². The maximum absolute atomic E-state index is 10.9. The van der Waals surface area contributed by atoms with Crippen LogP contribution in [0.4, 0.5) is 34.1 Å². The first kappa shape index (κ1) is 40.3. The normalized spacial score (nSPS) is 13.7. The molecule has 2 aliphatic rings. The van der Waals surface area contributed by atoms with Crippen molar-refractivity contribution in [3.8, 4) is 23.3 Å². The van der Waals surface area contributed by atoms with Gasteiger partial charge in [-0.1, -0.05) is 194 Å². The minimum Gasteiger partial charge on any atom is -0.310 e. The second-order valence-electron chi connectivity index (χ2n) is 17.4. The number of nitriles is 2. The number of anilines is 6. The number of hydrogen-bond acceptors (Lipinski definition) is 4. The number of nitrogens with zero attached hydrogens (tertiary/aromatic N) is 4. The molecule has 68 heavy (non-hydrogen) atoms. The van der Waals surface area contributed by atoms with Gasteiger partial charge in [-0.05, 0) is 105 Å². The number of benzene rings is 10. The van der Waals surface area contributed by atoms with Crippen LogP contribution in [-0.2, 0) is 10.8 Å². The Kier molecular flexibility index (Phi) is 9.68. The molecular weight excluding hydrogens is 825 g/mol. The van der Waals surface area contributed by atoms with E-state index in [1.54, 1.807) is 0 Å². The highest BCUT2D eigenvalue weighted by Gasteiger charge is 2.48. The lowest BCUT2D eigenvalue weighted by Gasteiger charge is -2.46. The molecule has 2 heterocycles. The SMILES string of the molecule is N#Cc1ccc(N2c3ccccc3C(c3ccccc3)(c3ccccc3)c3ccccc32)cc1-c1cc(N2c3ccccc3C(c3ccccc3)(c3ccccc3)c3ccccc32)ccc1C#N. The van der Waals surface area contributed by atoms with Crippen LogP contribution in [0.5, 0.6) is 0 Å². The van der Waals surface area contributed by atoms with E-state index in [9.17, 15) is 10.5 Å². The monoisotopic (exact) mass is 866 g/mol. The Morgan fingerprint density at radius 3 is 0.794 bits per heavy atom. The standard InChI is InChI=1S/C64H42N4/c65-43-45-37-39-51(67-59-33-17-13-29-55(59)63(47-21-5-1-6-22-47,48-23-7-2-8-24-48)56-30-14-18-34-60(56)67)41-53(45)54-42-52(40-38-46(54)44-66)68-61-35-19-15-31-57(61)64(49-25-9-3-10-26-49,50-27-11-4-12-28-50)58-32-16-20-36-62(58)68/h1-42H. The highest BCUT2D eigenvalue weighted by Crippen LogP contribution is 2.60. The van der Waals surface area contributed by atoms with Gasteiger partial charge in [-0.3, -0.25) is 0 Å². The summed E-state index contributed by atoms with van der Waals surface area (Å²) in [6.45, 7) is 0. The lowest BCUT2D eigenvalue weighted by atomic mass is 9.62. The maximum atomic E-state index is 10.9. The summed E-state index contributed by atoms with van der Waals surface area (Å²) in [5, 5.41) is 21.8. The Hall–Kier alpha value is -9.22. The van der Waals surface area contributed by atoms with Crippen molar-refractivity contribution in [3.05, 3.63) is 310 Å². The fourth-order valence-electron chi connectivity index (χ4n) is 11.4. The fraction of sp³-hybridized carbons (Fsp3) is 0.0312. The second-order valence-corrected chi connectivity index (χ2v) is 17.4. The van der Waals surface area contributed by atoms with Gasteiger partial charge >= 0.3 is 0 Å². The van der Waals surface area contributed by atoms with E-state index in [4.69, 9.17) is 0 Å². The van der Waals surface area contributed by atoms with Gasteiger partial charge in [-0.25, -0.2) is 0 Å². The second kappa shape index (κ2) is 16.3. The minimum atomic E-state index is -0.621. The molecule has 0 saturated heterocycles. The van der Waals surface area contributed by atoms with Crippen LogP contribution < -0.4 is 9.80 Å². The van der Waals surface area contributed by atoms with Crippen LogP contribution in [0.2, 0.25) is 0 Å². The number of hydrogen-bond donors (Lipinski definition) is 0. The molecule has 0 spiro atoms. The summed E-state index contributed by atoms with van der Waals surface area (Å²) in [4.78, 5) is 4.64. The van der Waals surface area contributed by atoms with Gasteiger partial charge in [0, 0.05) is 22.5 Å².